The van der Waals surface area contributed by atoms with E-state index in [2.05, 4.69) is 46.9 Å². The van der Waals surface area contributed by atoms with Gasteiger partial charge in [-0.25, -0.2) is 9.78 Å². The topological polar surface area (TPSA) is 53.3 Å². The van der Waals surface area contributed by atoms with E-state index in [4.69, 9.17) is 9.47 Å². The number of nitrogens with zero attached hydrogens (tertiary/aromatic N) is 2. The summed E-state index contributed by atoms with van der Waals surface area (Å²) in [5, 5.41) is 0. The fourth-order valence-corrected chi connectivity index (χ4v) is 3.95. The molecule has 148 valence electrons. The van der Waals surface area contributed by atoms with E-state index in [-0.39, 0.29) is 5.97 Å². The van der Waals surface area contributed by atoms with Crippen LogP contribution in [0.2, 0.25) is 0 Å². The molecule has 0 spiro atoms. The zero-order chi connectivity index (χ0) is 20.1. The van der Waals surface area contributed by atoms with Crippen LogP contribution < -0.4 is 4.74 Å². The Morgan fingerprint density at radius 2 is 2.00 bits per heavy atom. The van der Waals surface area contributed by atoms with Crippen molar-refractivity contribution in [2.45, 2.75) is 53.9 Å². The summed E-state index contributed by atoms with van der Waals surface area (Å²) in [6.45, 7) is 10.5. The van der Waals surface area contributed by atoms with Gasteiger partial charge in [0.25, 0.3) is 0 Å². The number of rotatable bonds is 5. The molecule has 6 heteroatoms. The van der Waals surface area contributed by atoms with Crippen molar-refractivity contribution in [3.8, 4) is 11.4 Å². The molecule has 5 nitrogen and oxygen atoms in total. The molecular weight excluding hydrogens is 408 g/mol. The first-order valence-electron chi connectivity index (χ1n) is 9.60. The molecule has 0 N–H and O–H groups in total. The minimum atomic E-state index is -0.365. The molecule has 0 bridgehead atoms. The number of aryl methyl sites for hydroxylation is 1. The smallest absolute Gasteiger partial charge is 0.358 e. The van der Waals surface area contributed by atoms with Gasteiger partial charge in [0.2, 0.25) is 0 Å². The molecule has 0 unspecified atom stereocenters. The van der Waals surface area contributed by atoms with Gasteiger partial charge >= 0.3 is 5.97 Å². The zero-order valence-corrected chi connectivity index (χ0v) is 18.6. The maximum absolute atomic E-state index is 12.2. The van der Waals surface area contributed by atoms with Gasteiger partial charge in [0.15, 0.2) is 10.4 Å². The molecule has 2 aromatic rings. The summed E-state index contributed by atoms with van der Waals surface area (Å²) < 4.78 is 13.4. The van der Waals surface area contributed by atoms with Crippen molar-refractivity contribution in [3.05, 3.63) is 39.4 Å². The summed E-state index contributed by atoms with van der Waals surface area (Å²) in [6.07, 6.45) is 2.52. The molecule has 1 aromatic carbocycles. The highest BCUT2D eigenvalue weighted by atomic mass is 79.9. The second kappa shape index (κ2) is 9.40. The average Bonchev–Trinajstić information content (AvgIpc) is 3.00. The lowest BCUT2D eigenvalue weighted by Crippen LogP contribution is -2.16. The van der Waals surface area contributed by atoms with Crippen molar-refractivity contribution < 1.29 is 14.3 Å². The minimum absolute atomic E-state index is 0.342. The number of imidazole rings is 1. The number of halogens is 1. The minimum Gasteiger partial charge on any atom is -0.496 e. The molecule has 0 atom stereocenters. The van der Waals surface area contributed by atoms with E-state index in [0.717, 1.165) is 36.4 Å². The van der Waals surface area contributed by atoms with Crippen LogP contribution in [0.1, 0.15) is 61.9 Å². The molecule has 0 saturated heterocycles. The number of esters is 1. The Bertz CT molecular complexity index is 812. The van der Waals surface area contributed by atoms with Gasteiger partial charge in [-0.1, -0.05) is 27.7 Å². The maximum Gasteiger partial charge on any atom is 0.358 e. The fraction of sp³-hybridized carbons (Fsp3) is 0.524. The second-order valence-corrected chi connectivity index (χ2v) is 7.33. The third kappa shape index (κ3) is 4.37. The first kappa shape index (κ1) is 21.5. The Morgan fingerprint density at radius 1 is 1.30 bits per heavy atom. The fourth-order valence-electron chi connectivity index (χ4n) is 3.37. The number of aromatic nitrogens is 2. The molecule has 2 heterocycles. The Hall–Kier alpha value is -1.82. The molecule has 0 amide bonds. The SMILES string of the molecule is CC.CCOC(=O)c1nc(Br)n2c1CCc1cc(OC)c(CC(C)C)cc1-2. The summed E-state index contributed by atoms with van der Waals surface area (Å²) in [5.41, 5.74) is 4.74. The van der Waals surface area contributed by atoms with E-state index in [1.807, 2.05) is 18.4 Å². The third-order valence-electron chi connectivity index (χ3n) is 4.38. The maximum atomic E-state index is 12.2. The molecule has 1 aromatic heterocycles. The molecule has 0 saturated carbocycles. The van der Waals surface area contributed by atoms with Crippen molar-refractivity contribution >= 4 is 21.9 Å². The summed E-state index contributed by atoms with van der Waals surface area (Å²) in [5.74, 6) is 1.09. The Balaban J connectivity index is 0.00000126. The highest BCUT2D eigenvalue weighted by Gasteiger charge is 2.28. The first-order chi connectivity index (χ1) is 13.0. The van der Waals surface area contributed by atoms with Crippen LogP contribution in [0.5, 0.6) is 5.75 Å². The zero-order valence-electron chi connectivity index (χ0n) is 17.1. The Morgan fingerprint density at radius 3 is 2.59 bits per heavy atom. The molecule has 1 aliphatic heterocycles. The highest BCUT2D eigenvalue weighted by Crippen LogP contribution is 2.36. The van der Waals surface area contributed by atoms with E-state index in [0.29, 0.717) is 23.0 Å². The van der Waals surface area contributed by atoms with Crippen LogP contribution in [0.15, 0.2) is 16.9 Å². The van der Waals surface area contributed by atoms with Crippen LogP contribution in [0.3, 0.4) is 0 Å². The van der Waals surface area contributed by atoms with Gasteiger partial charge in [0.05, 0.1) is 25.1 Å². The van der Waals surface area contributed by atoms with Crippen molar-refractivity contribution in [2.75, 3.05) is 13.7 Å². The highest BCUT2D eigenvalue weighted by molar-refractivity contribution is 9.10. The third-order valence-corrected chi connectivity index (χ3v) is 4.91. The van der Waals surface area contributed by atoms with E-state index < -0.39 is 0 Å². The number of fused-ring (bicyclic) bond motifs is 3. The Kier molecular flexibility index (Phi) is 7.48. The predicted octanol–water partition coefficient (Wildman–Crippen LogP) is 5.14. The van der Waals surface area contributed by atoms with Gasteiger partial charge in [0.1, 0.15) is 5.75 Å². The number of ether oxygens (including phenoxy) is 2. The van der Waals surface area contributed by atoms with Crippen molar-refractivity contribution in [3.63, 3.8) is 0 Å². The van der Waals surface area contributed by atoms with Crippen LogP contribution in [0.25, 0.3) is 5.69 Å². The number of methoxy groups -OCH3 is 1. The van der Waals surface area contributed by atoms with Crippen LogP contribution in [0, 0.1) is 5.92 Å². The van der Waals surface area contributed by atoms with Crippen LogP contribution in [0.4, 0.5) is 0 Å². The summed E-state index contributed by atoms with van der Waals surface area (Å²) in [4.78, 5) is 16.6. The van der Waals surface area contributed by atoms with Gasteiger partial charge < -0.3 is 9.47 Å². The molecule has 0 fully saturated rings. The van der Waals surface area contributed by atoms with Crippen molar-refractivity contribution in [1.29, 1.82) is 0 Å². The molecule has 27 heavy (non-hydrogen) atoms. The van der Waals surface area contributed by atoms with E-state index >= 15 is 0 Å². The second-order valence-electron chi connectivity index (χ2n) is 6.62. The molecule has 1 aliphatic rings. The van der Waals surface area contributed by atoms with Gasteiger partial charge in [0, 0.05) is 0 Å². The Labute approximate surface area is 170 Å². The van der Waals surface area contributed by atoms with Crippen molar-refractivity contribution in [2.24, 2.45) is 5.92 Å². The number of hydrogen-bond acceptors (Lipinski definition) is 4. The summed E-state index contributed by atoms with van der Waals surface area (Å²) in [7, 11) is 1.71. The van der Waals surface area contributed by atoms with Gasteiger partial charge in [-0.2, -0.15) is 0 Å². The quantitative estimate of drug-likeness (QED) is 0.608. The van der Waals surface area contributed by atoms with Crippen molar-refractivity contribution in [1.82, 2.24) is 9.55 Å². The predicted molar refractivity (Wildman–Crippen MR) is 111 cm³/mol. The summed E-state index contributed by atoms with van der Waals surface area (Å²) >= 11 is 3.52. The van der Waals surface area contributed by atoms with Crippen LogP contribution in [-0.2, 0) is 24.0 Å². The number of carbonyl (C=O) groups is 1. The average molecular weight is 437 g/mol. The standard InChI is InChI=1S/C19H23BrN2O3.C2H6/c1-5-25-18(23)17-14-7-6-12-10-16(24-4)13(8-11(2)3)9-15(12)22(14)19(20)21-17;1-2/h9-11H,5-8H2,1-4H3;1-2H3. The molecule has 3 rings (SSSR count). The van der Waals surface area contributed by atoms with Crippen LogP contribution >= 0.6 is 15.9 Å². The normalized spacial score (nSPS) is 12.0. The lowest BCUT2D eigenvalue weighted by atomic mass is 9.94. The molecule has 0 aliphatic carbocycles. The van der Waals surface area contributed by atoms with E-state index in [1.165, 1.54) is 11.1 Å². The van der Waals surface area contributed by atoms with E-state index in [1.54, 1.807) is 14.0 Å². The largest absolute Gasteiger partial charge is 0.496 e. The number of carbonyl (C=O) groups excluding carboxylic acids is 1. The van der Waals surface area contributed by atoms with Crippen LogP contribution in [-0.4, -0.2) is 29.2 Å². The number of hydrogen-bond donors (Lipinski definition) is 0. The lowest BCUT2D eigenvalue weighted by Gasteiger charge is -2.23. The first-order valence-corrected chi connectivity index (χ1v) is 10.4. The monoisotopic (exact) mass is 436 g/mol. The van der Waals surface area contributed by atoms with Gasteiger partial charge in [-0.05, 0) is 71.3 Å². The van der Waals surface area contributed by atoms with E-state index in [9.17, 15) is 4.79 Å². The molecule has 0 radical (unpaired) electrons. The summed E-state index contributed by atoms with van der Waals surface area (Å²) in [6, 6.07) is 4.28. The number of benzene rings is 1. The lowest BCUT2D eigenvalue weighted by molar-refractivity contribution is 0.0518. The van der Waals surface area contributed by atoms with Gasteiger partial charge in [-0.3, -0.25) is 4.57 Å². The molecular formula is C21H29BrN2O3. The van der Waals surface area contributed by atoms with Gasteiger partial charge in [-0.15, -0.1) is 0 Å².